The predicted octanol–water partition coefficient (Wildman–Crippen LogP) is 4.08. The number of H-pyrrole nitrogens is 1. The normalized spacial score (nSPS) is 11.1. The van der Waals surface area contributed by atoms with Crippen LogP contribution in [-0.2, 0) is 0 Å². The van der Waals surface area contributed by atoms with E-state index >= 15 is 0 Å². The molecular weight excluding hydrogens is 314 g/mol. The molecule has 4 heterocycles. The van der Waals surface area contributed by atoms with Crippen molar-refractivity contribution in [3.8, 4) is 21.8 Å². The van der Waals surface area contributed by atoms with Crippen LogP contribution in [0.4, 0.5) is 0 Å². The topological polar surface area (TPSA) is 58.6 Å². The van der Waals surface area contributed by atoms with Gasteiger partial charge in [-0.25, -0.2) is 4.98 Å². The number of pyridine rings is 1. The van der Waals surface area contributed by atoms with Crippen molar-refractivity contribution in [2.75, 3.05) is 0 Å². The fourth-order valence-electron chi connectivity index (χ4n) is 2.48. The van der Waals surface area contributed by atoms with Crippen molar-refractivity contribution < 1.29 is 0 Å². The summed E-state index contributed by atoms with van der Waals surface area (Å²) in [6.07, 6.45) is 3.40. The molecular formula is C16H11N3OS2. The first kappa shape index (κ1) is 13.4. The Morgan fingerprint density at radius 1 is 1.23 bits per heavy atom. The molecule has 0 aliphatic carbocycles. The Morgan fingerprint density at radius 3 is 2.86 bits per heavy atom. The first-order valence-electron chi connectivity index (χ1n) is 6.72. The van der Waals surface area contributed by atoms with Crippen molar-refractivity contribution in [3.63, 3.8) is 0 Å². The highest BCUT2D eigenvalue weighted by atomic mass is 32.1. The quantitative estimate of drug-likeness (QED) is 0.604. The Kier molecular flexibility index (Phi) is 3.13. The first-order chi connectivity index (χ1) is 10.7. The molecule has 0 saturated heterocycles. The molecule has 0 aromatic carbocycles. The highest BCUT2D eigenvalue weighted by molar-refractivity contribution is 7.20. The highest BCUT2D eigenvalue weighted by Gasteiger charge is 2.17. The Balaban J connectivity index is 2.01. The summed E-state index contributed by atoms with van der Waals surface area (Å²) < 4.78 is 0. The summed E-state index contributed by atoms with van der Waals surface area (Å²) in [5, 5.41) is 2.70. The van der Waals surface area contributed by atoms with Gasteiger partial charge in [0.2, 0.25) is 0 Å². The number of hydrogen-bond acceptors (Lipinski definition) is 5. The summed E-state index contributed by atoms with van der Waals surface area (Å²) in [7, 11) is 0. The van der Waals surface area contributed by atoms with E-state index in [0.29, 0.717) is 11.2 Å². The van der Waals surface area contributed by atoms with Crippen molar-refractivity contribution >= 4 is 32.9 Å². The van der Waals surface area contributed by atoms with Gasteiger partial charge in [-0.1, -0.05) is 6.07 Å². The molecule has 0 radical (unpaired) electrons. The third-order valence-corrected chi connectivity index (χ3v) is 5.33. The van der Waals surface area contributed by atoms with Gasteiger partial charge < -0.3 is 4.98 Å². The number of fused-ring (bicyclic) bond motifs is 1. The second-order valence-corrected chi connectivity index (χ2v) is 7.00. The van der Waals surface area contributed by atoms with Gasteiger partial charge in [0.1, 0.15) is 10.7 Å². The Hall–Kier alpha value is -2.31. The third-order valence-electron chi connectivity index (χ3n) is 3.44. The maximum Gasteiger partial charge on any atom is 0.260 e. The van der Waals surface area contributed by atoms with Crippen molar-refractivity contribution in [2.24, 2.45) is 0 Å². The van der Waals surface area contributed by atoms with E-state index < -0.39 is 0 Å². The van der Waals surface area contributed by atoms with Crippen molar-refractivity contribution in [1.82, 2.24) is 15.0 Å². The van der Waals surface area contributed by atoms with Crippen LogP contribution in [0.5, 0.6) is 0 Å². The average Bonchev–Trinajstić information content (AvgIpc) is 3.14. The minimum absolute atomic E-state index is 0.100. The monoisotopic (exact) mass is 325 g/mol. The average molecular weight is 325 g/mol. The van der Waals surface area contributed by atoms with Crippen LogP contribution < -0.4 is 5.56 Å². The lowest BCUT2D eigenvalue weighted by molar-refractivity contribution is 1.17. The molecule has 0 unspecified atom stereocenters. The molecule has 0 aliphatic heterocycles. The van der Waals surface area contributed by atoms with E-state index in [9.17, 15) is 4.79 Å². The number of nitrogens with zero attached hydrogens (tertiary/aromatic N) is 2. The van der Waals surface area contributed by atoms with Gasteiger partial charge in [-0.05, 0) is 30.5 Å². The zero-order valence-electron chi connectivity index (χ0n) is 11.7. The second kappa shape index (κ2) is 5.15. The van der Waals surface area contributed by atoms with E-state index in [0.717, 1.165) is 25.7 Å². The lowest BCUT2D eigenvalue weighted by atomic mass is 10.1. The van der Waals surface area contributed by atoms with Gasteiger partial charge in [0, 0.05) is 33.3 Å². The number of nitrogens with one attached hydrogen (secondary N) is 1. The van der Waals surface area contributed by atoms with Crippen LogP contribution in [0, 0.1) is 6.92 Å². The van der Waals surface area contributed by atoms with Crippen LogP contribution in [-0.4, -0.2) is 15.0 Å². The van der Waals surface area contributed by atoms with Gasteiger partial charge in [0.15, 0.2) is 0 Å². The lowest BCUT2D eigenvalue weighted by Gasteiger charge is -2.01. The Labute approximate surface area is 134 Å². The number of rotatable bonds is 2. The number of hydrogen-bond donors (Lipinski definition) is 1. The number of aryl methyl sites for hydroxylation is 1. The Bertz CT molecular complexity index is 1000. The molecule has 4 nitrogen and oxygen atoms in total. The number of aromatic nitrogens is 3. The molecule has 22 heavy (non-hydrogen) atoms. The molecule has 0 amide bonds. The molecule has 0 saturated carbocycles. The largest absolute Gasteiger partial charge is 0.306 e. The van der Waals surface area contributed by atoms with E-state index in [1.54, 1.807) is 35.1 Å². The van der Waals surface area contributed by atoms with Crippen molar-refractivity contribution in [1.29, 1.82) is 0 Å². The third kappa shape index (κ3) is 2.08. The zero-order chi connectivity index (χ0) is 15.1. The van der Waals surface area contributed by atoms with Crippen LogP contribution in [0.25, 0.3) is 32.0 Å². The van der Waals surface area contributed by atoms with Crippen LogP contribution in [0.3, 0.4) is 0 Å². The summed E-state index contributed by atoms with van der Waals surface area (Å²) in [5.74, 6) is 0.560. The molecule has 0 fully saturated rings. The minimum atomic E-state index is -0.100. The van der Waals surface area contributed by atoms with E-state index in [2.05, 4.69) is 15.0 Å². The summed E-state index contributed by atoms with van der Waals surface area (Å²) >= 11 is 3.19. The zero-order valence-corrected chi connectivity index (χ0v) is 13.3. The molecule has 0 bridgehead atoms. The van der Waals surface area contributed by atoms with Crippen LogP contribution in [0.2, 0.25) is 0 Å². The van der Waals surface area contributed by atoms with Gasteiger partial charge in [0.05, 0.1) is 5.39 Å². The molecule has 0 spiro atoms. The molecule has 6 heteroatoms. The van der Waals surface area contributed by atoms with Crippen molar-refractivity contribution in [2.45, 2.75) is 6.92 Å². The maximum absolute atomic E-state index is 12.6. The van der Waals surface area contributed by atoms with E-state index in [-0.39, 0.29) is 5.56 Å². The fraction of sp³-hybridized carbons (Fsp3) is 0.0625. The predicted molar refractivity (Wildman–Crippen MR) is 91.5 cm³/mol. The molecule has 4 aromatic rings. The van der Waals surface area contributed by atoms with E-state index in [4.69, 9.17) is 0 Å². The summed E-state index contributed by atoms with van der Waals surface area (Å²) in [5.41, 5.74) is 1.71. The van der Waals surface area contributed by atoms with Gasteiger partial charge in [-0.15, -0.1) is 22.7 Å². The van der Waals surface area contributed by atoms with E-state index in [1.165, 1.54) is 0 Å². The van der Waals surface area contributed by atoms with Crippen LogP contribution in [0.1, 0.15) is 4.88 Å². The second-order valence-electron chi connectivity index (χ2n) is 4.85. The SMILES string of the molecule is Cc1sc2nc(-c3cccnc3)[nH]c(=O)c2c1-c1cccs1. The van der Waals surface area contributed by atoms with Gasteiger partial charge in [-0.3, -0.25) is 9.78 Å². The minimum Gasteiger partial charge on any atom is -0.306 e. The molecule has 0 aliphatic rings. The van der Waals surface area contributed by atoms with Crippen molar-refractivity contribution in [3.05, 3.63) is 57.3 Å². The molecule has 0 atom stereocenters. The molecule has 108 valence electrons. The summed E-state index contributed by atoms with van der Waals surface area (Å²) in [4.78, 5) is 27.2. The lowest BCUT2D eigenvalue weighted by Crippen LogP contribution is -2.09. The standard InChI is InChI=1S/C16H11N3OS2/c1-9-12(11-5-3-7-21-11)13-15(20)18-14(19-16(13)22-9)10-4-2-6-17-8-10/h2-8H,1H3,(H,18,19,20). The molecule has 1 N–H and O–H groups in total. The smallest absolute Gasteiger partial charge is 0.260 e. The summed E-state index contributed by atoms with van der Waals surface area (Å²) in [6, 6.07) is 7.75. The number of aromatic amines is 1. The summed E-state index contributed by atoms with van der Waals surface area (Å²) in [6.45, 7) is 2.03. The van der Waals surface area contributed by atoms with Crippen LogP contribution in [0.15, 0.2) is 46.8 Å². The maximum atomic E-state index is 12.6. The van der Waals surface area contributed by atoms with Crippen LogP contribution >= 0.6 is 22.7 Å². The van der Waals surface area contributed by atoms with Gasteiger partial charge >= 0.3 is 0 Å². The highest BCUT2D eigenvalue weighted by Crippen LogP contribution is 2.38. The first-order valence-corrected chi connectivity index (χ1v) is 8.41. The Morgan fingerprint density at radius 2 is 2.14 bits per heavy atom. The molecule has 4 rings (SSSR count). The van der Waals surface area contributed by atoms with Gasteiger partial charge in [0.25, 0.3) is 5.56 Å². The molecule has 4 aromatic heterocycles. The fourth-order valence-corrected chi connectivity index (χ4v) is 4.41. The van der Waals surface area contributed by atoms with Gasteiger partial charge in [-0.2, -0.15) is 0 Å². The van der Waals surface area contributed by atoms with E-state index in [1.807, 2.05) is 36.6 Å². The number of thiophene rings is 2.